The zero-order valence-electron chi connectivity index (χ0n) is 6.17. The van der Waals surface area contributed by atoms with Crippen LogP contribution < -0.4 is 0 Å². The van der Waals surface area contributed by atoms with Crippen LogP contribution in [0.1, 0.15) is 22.5 Å². The normalized spacial score (nSPS) is 10.5. The van der Waals surface area contributed by atoms with E-state index in [2.05, 4.69) is 20.9 Å². The lowest BCUT2D eigenvalue weighted by Crippen LogP contribution is -1.97. The molecule has 1 N–H and O–H groups in total. The maximum Gasteiger partial charge on any atom is 0.266 e. The second-order valence-corrected chi connectivity index (χ2v) is 2.94. The first kappa shape index (κ1) is 10.0. The van der Waals surface area contributed by atoms with E-state index in [-0.39, 0.29) is 16.6 Å². The molecule has 70 valence electrons. The number of aromatic hydroxyl groups is 1. The monoisotopic (exact) mass is 251 g/mol. The molecule has 6 heteroatoms. The average molecular weight is 252 g/mol. The summed E-state index contributed by atoms with van der Waals surface area (Å²) in [5, 5.41) is 9.01. The second-order valence-electron chi connectivity index (χ2n) is 2.19. The van der Waals surface area contributed by atoms with Crippen molar-refractivity contribution in [3.05, 3.63) is 21.9 Å². The van der Waals surface area contributed by atoms with Crippen LogP contribution in [-0.4, -0.2) is 16.4 Å². The molecule has 0 bridgehead atoms. The molecular formula is C7H4BrF2NO2. The summed E-state index contributed by atoms with van der Waals surface area (Å²) in [4.78, 5) is 13.7. The quantitative estimate of drug-likeness (QED) is 0.648. The van der Waals surface area contributed by atoms with Gasteiger partial charge in [0.05, 0.1) is 5.56 Å². The van der Waals surface area contributed by atoms with E-state index in [4.69, 9.17) is 5.11 Å². The summed E-state index contributed by atoms with van der Waals surface area (Å²) in [6.07, 6.45) is -2.61. The van der Waals surface area contributed by atoms with E-state index in [0.717, 1.165) is 6.07 Å². The molecule has 0 spiro atoms. The van der Waals surface area contributed by atoms with Crippen molar-refractivity contribution in [2.45, 2.75) is 6.43 Å². The summed E-state index contributed by atoms with van der Waals surface area (Å²) >= 11 is 2.81. The van der Waals surface area contributed by atoms with Crippen LogP contribution in [0.25, 0.3) is 0 Å². The van der Waals surface area contributed by atoms with Crippen LogP contribution in [0.5, 0.6) is 5.75 Å². The number of pyridine rings is 1. The van der Waals surface area contributed by atoms with E-state index in [1.54, 1.807) is 0 Å². The summed E-state index contributed by atoms with van der Waals surface area (Å²) < 4.78 is 24.4. The maximum absolute atomic E-state index is 12.2. The van der Waals surface area contributed by atoms with Crippen molar-refractivity contribution < 1.29 is 18.7 Å². The molecule has 0 atom stereocenters. The molecule has 0 saturated heterocycles. The van der Waals surface area contributed by atoms with Gasteiger partial charge in [0.1, 0.15) is 16.0 Å². The van der Waals surface area contributed by atoms with Gasteiger partial charge in [-0.05, 0) is 22.0 Å². The fraction of sp³-hybridized carbons (Fsp3) is 0.143. The van der Waals surface area contributed by atoms with Gasteiger partial charge < -0.3 is 5.11 Å². The van der Waals surface area contributed by atoms with Crippen LogP contribution in [0.2, 0.25) is 0 Å². The number of aldehydes is 1. The van der Waals surface area contributed by atoms with Gasteiger partial charge in [-0.25, -0.2) is 13.8 Å². The minimum atomic E-state index is -2.83. The molecule has 1 rings (SSSR count). The highest BCUT2D eigenvalue weighted by atomic mass is 79.9. The summed E-state index contributed by atoms with van der Waals surface area (Å²) in [6, 6.07) is 0.811. The molecular weight excluding hydrogens is 248 g/mol. The Morgan fingerprint density at radius 1 is 1.62 bits per heavy atom. The Morgan fingerprint density at radius 3 is 2.69 bits per heavy atom. The minimum absolute atomic E-state index is 0.0287. The highest BCUT2D eigenvalue weighted by Gasteiger charge is 2.16. The number of carbonyl (C=O) groups excluding carboxylic acids is 1. The van der Waals surface area contributed by atoms with Gasteiger partial charge in [-0.1, -0.05) is 0 Å². The molecule has 0 fully saturated rings. The van der Waals surface area contributed by atoms with Gasteiger partial charge in [-0.2, -0.15) is 0 Å². The number of aromatic nitrogens is 1. The van der Waals surface area contributed by atoms with Crippen LogP contribution in [0.4, 0.5) is 8.78 Å². The molecule has 0 radical (unpaired) electrons. The van der Waals surface area contributed by atoms with E-state index in [0.29, 0.717) is 0 Å². The average Bonchev–Trinajstić information content (AvgIpc) is 2.08. The summed E-state index contributed by atoms with van der Waals surface area (Å²) in [6.45, 7) is 0. The zero-order valence-corrected chi connectivity index (χ0v) is 7.75. The minimum Gasteiger partial charge on any atom is -0.505 e. The van der Waals surface area contributed by atoms with Crippen molar-refractivity contribution in [1.82, 2.24) is 4.98 Å². The lowest BCUT2D eigenvalue weighted by atomic mass is 10.2. The predicted octanol–water partition coefficient (Wildman–Crippen LogP) is 2.30. The summed E-state index contributed by atoms with van der Waals surface area (Å²) in [5.74, 6) is -0.416. The molecule has 0 aliphatic carbocycles. The zero-order chi connectivity index (χ0) is 10.0. The standard InChI is InChI=1S/C7H4BrF2NO2/c8-6-5(13)1-3(7(9)10)4(2-12)11-6/h1-2,7,13H. The van der Waals surface area contributed by atoms with Crippen LogP contribution in [0.3, 0.4) is 0 Å². The third kappa shape index (κ3) is 2.00. The number of halogens is 3. The van der Waals surface area contributed by atoms with E-state index < -0.39 is 17.7 Å². The Bertz CT molecular complexity index is 344. The first-order chi connectivity index (χ1) is 6.06. The SMILES string of the molecule is O=Cc1nc(Br)c(O)cc1C(F)F. The maximum atomic E-state index is 12.2. The lowest BCUT2D eigenvalue weighted by Gasteiger charge is -2.04. The van der Waals surface area contributed by atoms with Gasteiger partial charge in [0.25, 0.3) is 6.43 Å². The van der Waals surface area contributed by atoms with Gasteiger partial charge in [-0.3, -0.25) is 4.79 Å². The van der Waals surface area contributed by atoms with Crippen LogP contribution >= 0.6 is 15.9 Å². The molecule has 13 heavy (non-hydrogen) atoms. The van der Waals surface area contributed by atoms with Gasteiger partial charge >= 0.3 is 0 Å². The van der Waals surface area contributed by atoms with Gasteiger partial charge in [0, 0.05) is 0 Å². The highest BCUT2D eigenvalue weighted by Crippen LogP contribution is 2.29. The van der Waals surface area contributed by atoms with Gasteiger partial charge in [0.15, 0.2) is 6.29 Å². The first-order valence-electron chi connectivity index (χ1n) is 3.19. The van der Waals surface area contributed by atoms with Crippen molar-refractivity contribution in [3.8, 4) is 5.75 Å². The second kappa shape index (κ2) is 3.78. The number of hydrogen-bond donors (Lipinski definition) is 1. The molecule has 0 aliphatic rings. The molecule has 3 nitrogen and oxygen atoms in total. The smallest absolute Gasteiger partial charge is 0.266 e. The largest absolute Gasteiger partial charge is 0.505 e. The van der Waals surface area contributed by atoms with Crippen molar-refractivity contribution >= 4 is 22.2 Å². The molecule has 0 amide bonds. The van der Waals surface area contributed by atoms with Crippen LogP contribution in [-0.2, 0) is 0 Å². The third-order valence-corrected chi connectivity index (χ3v) is 1.95. The molecule has 0 unspecified atom stereocenters. The van der Waals surface area contributed by atoms with Crippen molar-refractivity contribution in [2.75, 3.05) is 0 Å². The predicted molar refractivity (Wildman–Crippen MR) is 43.9 cm³/mol. The van der Waals surface area contributed by atoms with Crippen LogP contribution in [0.15, 0.2) is 10.7 Å². The van der Waals surface area contributed by atoms with Crippen LogP contribution in [0, 0.1) is 0 Å². The molecule has 0 saturated carbocycles. The third-order valence-electron chi connectivity index (χ3n) is 1.36. The Hall–Kier alpha value is -1.04. The number of hydrogen-bond acceptors (Lipinski definition) is 3. The molecule has 0 aliphatic heterocycles. The van der Waals surface area contributed by atoms with Crippen molar-refractivity contribution in [2.24, 2.45) is 0 Å². The number of carbonyl (C=O) groups is 1. The van der Waals surface area contributed by atoms with E-state index in [9.17, 15) is 13.6 Å². The highest BCUT2D eigenvalue weighted by molar-refractivity contribution is 9.10. The first-order valence-corrected chi connectivity index (χ1v) is 3.98. The Balaban J connectivity index is 3.32. The topological polar surface area (TPSA) is 50.2 Å². The summed E-state index contributed by atoms with van der Waals surface area (Å²) in [7, 11) is 0. The fourth-order valence-electron chi connectivity index (χ4n) is 0.778. The fourth-order valence-corrected chi connectivity index (χ4v) is 1.08. The van der Waals surface area contributed by atoms with E-state index >= 15 is 0 Å². The Kier molecular flexibility index (Phi) is 2.92. The van der Waals surface area contributed by atoms with Gasteiger partial charge in [0.2, 0.25) is 0 Å². The Morgan fingerprint density at radius 2 is 2.23 bits per heavy atom. The van der Waals surface area contributed by atoms with Gasteiger partial charge in [-0.15, -0.1) is 0 Å². The Labute approximate surface area is 80.5 Å². The number of rotatable bonds is 2. The molecule has 1 aromatic heterocycles. The van der Waals surface area contributed by atoms with E-state index in [1.165, 1.54) is 0 Å². The van der Waals surface area contributed by atoms with Crippen molar-refractivity contribution in [1.29, 1.82) is 0 Å². The van der Waals surface area contributed by atoms with Crippen molar-refractivity contribution in [3.63, 3.8) is 0 Å². The molecule has 1 aromatic rings. The van der Waals surface area contributed by atoms with E-state index in [1.807, 2.05) is 0 Å². The number of alkyl halides is 2. The molecule has 0 aromatic carbocycles. The summed E-state index contributed by atoms with van der Waals surface area (Å²) in [5.41, 5.74) is -0.949. The number of nitrogens with zero attached hydrogens (tertiary/aromatic N) is 1. The molecule has 1 heterocycles. The lowest BCUT2D eigenvalue weighted by molar-refractivity contribution is 0.110.